The Kier molecular flexibility index (Phi) is 2.03. The van der Waals surface area contributed by atoms with Crippen LogP contribution in [-0.2, 0) is 0 Å². The van der Waals surface area contributed by atoms with Crippen LogP contribution in [0, 0.1) is 0 Å². The van der Waals surface area contributed by atoms with Crippen molar-refractivity contribution in [3.8, 4) is 0 Å². The van der Waals surface area contributed by atoms with Gasteiger partial charge in [-0.15, -0.1) is 11.3 Å². The number of nitrogens with zero attached hydrogens (tertiary/aromatic N) is 1. The van der Waals surface area contributed by atoms with E-state index < -0.39 is 0 Å². The summed E-state index contributed by atoms with van der Waals surface area (Å²) in [6, 6.07) is 3.43. The molecule has 0 aromatic carbocycles. The normalized spacial score (nSPS) is 9.40. The van der Waals surface area contributed by atoms with E-state index in [9.17, 15) is 4.79 Å². The fraction of sp³-hybridized carbons (Fsp3) is 0.167. The molecule has 54 valence electrons. The van der Waals surface area contributed by atoms with Crippen LogP contribution >= 0.6 is 11.3 Å². The zero-order valence-electron chi connectivity index (χ0n) is 5.44. The summed E-state index contributed by atoms with van der Waals surface area (Å²) in [5, 5.41) is 11.0. The van der Waals surface area contributed by atoms with Crippen molar-refractivity contribution in [2.75, 3.05) is 7.05 Å². The smallest absolute Gasteiger partial charge is 0.286 e. The van der Waals surface area contributed by atoms with E-state index in [4.69, 9.17) is 5.21 Å². The Morgan fingerprint density at radius 3 is 2.90 bits per heavy atom. The highest BCUT2D eigenvalue weighted by molar-refractivity contribution is 7.12. The molecular formula is C6H7NO2S. The van der Waals surface area contributed by atoms with Gasteiger partial charge in [0.2, 0.25) is 0 Å². The molecule has 0 fully saturated rings. The number of hydroxylamine groups is 2. The Hall–Kier alpha value is -0.870. The van der Waals surface area contributed by atoms with Gasteiger partial charge < -0.3 is 0 Å². The largest absolute Gasteiger partial charge is 0.287 e. The first kappa shape index (κ1) is 7.24. The zero-order chi connectivity index (χ0) is 7.56. The highest BCUT2D eigenvalue weighted by Gasteiger charge is 2.08. The minimum atomic E-state index is -0.366. The lowest BCUT2D eigenvalue weighted by Crippen LogP contribution is -2.21. The highest BCUT2D eigenvalue weighted by Crippen LogP contribution is 2.09. The van der Waals surface area contributed by atoms with Crippen molar-refractivity contribution in [1.82, 2.24) is 5.06 Å². The molecular weight excluding hydrogens is 150 g/mol. The molecule has 0 radical (unpaired) electrons. The predicted molar refractivity (Wildman–Crippen MR) is 38.2 cm³/mol. The SMILES string of the molecule is CN(O)C(=O)c1cccs1. The number of carbonyl (C=O) groups excluding carboxylic acids is 1. The van der Waals surface area contributed by atoms with Gasteiger partial charge >= 0.3 is 0 Å². The summed E-state index contributed by atoms with van der Waals surface area (Å²) in [5.41, 5.74) is 0. The third kappa shape index (κ3) is 1.34. The summed E-state index contributed by atoms with van der Waals surface area (Å²) in [6.07, 6.45) is 0. The lowest BCUT2D eigenvalue weighted by Gasteiger charge is -2.04. The van der Waals surface area contributed by atoms with Crippen LogP contribution in [0.4, 0.5) is 0 Å². The summed E-state index contributed by atoms with van der Waals surface area (Å²) in [4.78, 5) is 11.4. The minimum Gasteiger partial charge on any atom is -0.286 e. The molecule has 0 aliphatic heterocycles. The van der Waals surface area contributed by atoms with Gasteiger partial charge in [-0.3, -0.25) is 10.0 Å². The second kappa shape index (κ2) is 2.81. The molecule has 1 N–H and O–H groups in total. The molecule has 1 rings (SSSR count). The first-order valence-corrected chi connectivity index (χ1v) is 3.60. The molecule has 0 saturated heterocycles. The van der Waals surface area contributed by atoms with Gasteiger partial charge in [0.15, 0.2) is 0 Å². The number of hydrogen-bond acceptors (Lipinski definition) is 3. The van der Waals surface area contributed by atoms with Crippen molar-refractivity contribution in [2.45, 2.75) is 0 Å². The van der Waals surface area contributed by atoms with Gasteiger partial charge in [-0.25, -0.2) is 5.06 Å². The molecule has 1 aromatic rings. The van der Waals surface area contributed by atoms with Gasteiger partial charge in [0.25, 0.3) is 5.91 Å². The number of thiophene rings is 1. The van der Waals surface area contributed by atoms with Gasteiger partial charge in [0.1, 0.15) is 0 Å². The lowest BCUT2D eigenvalue weighted by atomic mass is 10.4. The van der Waals surface area contributed by atoms with E-state index in [1.807, 2.05) is 0 Å². The fourth-order valence-corrected chi connectivity index (χ4v) is 1.25. The van der Waals surface area contributed by atoms with E-state index in [0.717, 1.165) is 0 Å². The highest BCUT2D eigenvalue weighted by atomic mass is 32.1. The van der Waals surface area contributed by atoms with Gasteiger partial charge in [-0.2, -0.15) is 0 Å². The third-order valence-corrected chi connectivity index (χ3v) is 1.88. The minimum absolute atomic E-state index is 0.366. The Balaban J connectivity index is 2.78. The Morgan fingerprint density at radius 2 is 2.50 bits per heavy atom. The van der Waals surface area contributed by atoms with Crippen molar-refractivity contribution in [2.24, 2.45) is 0 Å². The van der Waals surface area contributed by atoms with E-state index in [1.165, 1.54) is 18.4 Å². The van der Waals surface area contributed by atoms with Crippen LogP contribution in [0.25, 0.3) is 0 Å². The second-order valence-electron chi connectivity index (χ2n) is 1.81. The topological polar surface area (TPSA) is 40.5 Å². The molecule has 0 atom stereocenters. The van der Waals surface area contributed by atoms with Crippen molar-refractivity contribution in [3.05, 3.63) is 22.4 Å². The molecule has 4 heteroatoms. The van der Waals surface area contributed by atoms with Crippen molar-refractivity contribution in [3.63, 3.8) is 0 Å². The predicted octanol–water partition coefficient (Wildman–Crippen LogP) is 1.21. The fourth-order valence-electron chi connectivity index (χ4n) is 0.560. The molecule has 0 aliphatic carbocycles. The lowest BCUT2D eigenvalue weighted by molar-refractivity contribution is -0.0370. The molecule has 0 unspecified atom stereocenters. The average Bonchev–Trinajstić information content (AvgIpc) is 2.36. The first-order chi connectivity index (χ1) is 4.72. The van der Waals surface area contributed by atoms with Crippen LogP contribution in [0.5, 0.6) is 0 Å². The molecule has 0 bridgehead atoms. The maximum atomic E-state index is 10.9. The third-order valence-electron chi connectivity index (χ3n) is 1.03. The molecule has 10 heavy (non-hydrogen) atoms. The molecule has 3 nitrogen and oxygen atoms in total. The van der Waals surface area contributed by atoms with Gasteiger partial charge in [0, 0.05) is 7.05 Å². The number of rotatable bonds is 1. The van der Waals surface area contributed by atoms with Gasteiger partial charge in [-0.1, -0.05) is 6.07 Å². The van der Waals surface area contributed by atoms with E-state index >= 15 is 0 Å². The maximum absolute atomic E-state index is 10.9. The van der Waals surface area contributed by atoms with Crippen LogP contribution in [0.3, 0.4) is 0 Å². The van der Waals surface area contributed by atoms with E-state index in [1.54, 1.807) is 17.5 Å². The quantitative estimate of drug-likeness (QED) is 0.491. The van der Waals surface area contributed by atoms with E-state index in [-0.39, 0.29) is 5.91 Å². The number of hydrogen-bond donors (Lipinski definition) is 1. The summed E-state index contributed by atoms with van der Waals surface area (Å²) >= 11 is 1.31. The van der Waals surface area contributed by atoms with E-state index in [2.05, 4.69) is 0 Å². The summed E-state index contributed by atoms with van der Waals surface area (Å²) in [6.45, 7) is 0. The van der Waals surface area contributed by atoms with Crippen LogP contribution in [0.1, 0.15) is 9.67 Å². The van der Waals surface area contributed by atoms with Crippen molar-refractivity contribution in [1.29, 1.82) is 0 Å². The molecule has 0 aliphatic rings. The van der Waals surface area contributed by atoms with Crippen LogP contribution < -0.4 is 0 Å². The standard InChI is InChI=1S/C6H7NO2S/c1-7(9)6(8)5-3-2-4-10-5/h2-4,9H,1H3. The molecule has 0 spiro atoms. The molecule has 1 heterocycles. The maximum Gasteiger partial charge on any atom is 0.287 e. The Morgan fingerprint density at radius 1 is 1.80 bits per heavy atom. The molecule has 1 aromatic heterocycles. The second-order valence-corrected chi connectivity index (χ2v) is 2.75. The Labute approximate surface area is 62.5 Å². The Bertz CT molecular complexity index is 218. The number of amides is 1. The van der Waals surface area contributed by atoms with E-state index in [0.29, 0.717) is 9.94 Å². The van der Waals surface area contributed by atoms with Gasteiger partial charge in [0.05, 0.1) is 4.88 Å². The zero-order valence-corrected chi connectivity index (χ0v) is 6.26. The molecule has 1 amide bonds. The van der Waals surface area contributed by atoms with Crippen LogP contribution in [0.2, 0.25) is 0 Å². The summed E-state index contributed by atoms with van der Waals surface area (Å²) < 4.78 is 0. The number of carbonyl (C=O) groups is 1. The summed E-state index contributed by atoms with van der Waals surface area (Å²) in [7, 11) is 1.31. The van der Waals surface area contributed by atoms with Crippen LogP contribution in [0.15, 0.2) is 17.5 Å². The average molecular weight is 157 g/mol. The van der Waals surface area contributed by atoms with Crippen LogP contribution in [-0.4, -0.2) is 23.2 Å². The molecule has 0 saturated carbocycles. The van der Waals surface area contributed by atoms with Crippen molar-refractivity contribution < 1.29 is 10.0 Å². The monoisotopic (exact) mass is 157 g/mol. The van der Waals surface area contributed by atoms with Crippen molar-refractivity contribution >= 4 is 17.2 Å². The van der Waals surface area contributed by atoms with Gasteiger partial charge in [-0.05, 0) is 11.4 Å². The first-order valence-electron chi connectivity index (χ1n) is 2.72. The summed E-state index contributed by atoms with van der Waals surface area (Å²) in [5.74, 6) is -0.366.